The minimum absolute atomic E-state index is 0.120. The summed E-state index contributed by atoms with van der Waals surface area (Å²) in [6.45, 7) is 4.96. The van der Waals surface area contributed by atoms with Crippen LogP contribution in [0.25, 0.3) is 0 Å². The maximum Gasteiger partial charge on any atom is 0.141 e. The molecule has 0 saturated heterocycles. The van der Waals surface area contributed by atoms with Crippen molar-refractivity contribution in [1.29, 1.82) is 0 Å². The van der Waals surface area contributed by atoms with Crippen molar-refractivity contribution < 1.29 is 9.59 Å². The van der Waals surface area contributed by atoms with Crippen LogP contribution in [0, 0.1) is 12.8 Å². The van der Waals surface area contributed by atoms with Crippen LogP contribution < -0.4 is 5.73 Å². The van der Waals surface area contributed by atoms with Gasteiger partial charge in [0, 0.05) is 10.6 Å². The van der Waals surface area contributed by atoms with Crippen molar-refractivity contribution in [3.8, 4) is 0 Å². The van der Waals surface area contributed by atoms with Gasteiger partial charge in [-0.25, -0.2) is 0 Å². The highest BCUT2D eigenvalue weighted by Gasteiger charge is 2.32. The molecule has 0 heterocycles. The van der Waals surface area contributed by atoms with Gasteiger partial charge < -0.3 is 5.73 Å². The van der Waals surface area contributed by atoms with Crippen molar-refractivity contribution in [1.82, 2.24) is 0 Å². The molecule has 3 nitrogen and oxygen atoms in total. The van der Waals surface area contributed by atoms with Crippen LogP contribution in [0.3, 0.4) is 0 Å². The summed E-state index contributed by atoms with van der Waals surface area (Å²) in [5, 5.41) is -0.282. The average molecular weight is 327 g/mol. The Kier molecular flexibility index (Phi) is 5.61. The van der Waals surface area contributed by atoms with Gasteiger partial charge in [-0.2, -0.15) is 0 Å². The van der Waals surface area contributed by atoms with Crippen molar-refractivity contribution in [3.05, 3.63) is 59.7 Å². The molecule has 2 aromatic rings. The molecule has 120 valence electrons. The monoisotopic (exact) mass is 327 g/mol. The molecule has 0 saturated carbocycles. The van der Waals surface area contributed by atoms with E-state index in [4.69, 9.17) is 5.73 Å². The lowest BCUT2D eigenvalue weighted by molar-refractivity contribution is -0.130. The molecule has 0 spiro atoms. The molecule has 0 radical (unpaired) electrons. The summed E-state index contributed by atoms with van der Waals surface area (Å²) in [6.07, 6.45) is 0. The molecule has 1 unspecified atom stereocenters. The lowest BCUT2D eigenvalue weighted by Gasteiger charge is -2.24. The first-order valence-corrected chi connectivity index (χ1v) is 8.36. The third kappa shape index (κ3) is 4.23. The zero-order valence-electron chi connectivity index (χ0n) is 13.6. The van der Waals surface area contributed by atoms with E-state index in [-0.39, 0.29) is 16.8 Å². The van der Waals surface area contributed by atoms with Crippen LogP contribution in [-0.4, -0.2) is 11.6 Å². The topological polar surface area (TPSA) is 60.2 Å². The van der Waals surface area contributed by atoms with Gasteiger partial charge in [0.25, 0.3) is 0 Å². The Morgan fingerprint density at radius 1 is 0.957 bits per heavy atom. The van der Waals surface area contributed by atoms with Gasteiger partial charge >= 0.3 is 0 Å². The standard InChI is InChI=1S/C19H21NO2S/c1-12-8-10-15(11-9-12)19(18(13(2)21)14(3)22)23-17-7-5-4-6-16(17)20/h4-11,18-19H,20H2,1-3H3. The number of aryl methyl sites for hydroxylation is 1. The van der Waals surface area contributed by atoms with Crippen LogP contribution in [0.2, 0.25) is 0 Å². The summed E-state index contributed by atoms with van der Waals surface area (Å²) >= 11 is 1.47. The molecular formula is C19H21NO2S. The molecule has 2 aromatic carbocycles. The number of nitrogen functional groups attached to an aromatic ring is 1. The fourth-order valence-electron chi connectivity index (χ4n) is 2.52. The first-order chi connectivity index (χ1) is 10.9. The Morgan fingerprint density at radius 3 is 2.04 bits per heavy atom. The van der Waals surface area contributed by atoms with Crippen molar-refractivity contribution >= 4 is 29.0 Å². The van der Waals surface area contributed by atoms with E-state index in [1.54, 1.807) is 0 Å². The number of ketones is 2. The zero-order valence-corrected chi connectivity index (χ0v) is 14.4. The Labute approximate surface area is 141 Å². The minimum atomic E-state index is -0.678. The van der Waals surface area contributed by atoms with Gasteiger partial charge in [0.1, 0.15) is 11.6 Å². The molecule has 2 rings (SSSR count). The van der Waals surface area contributed by atoms with E-state index < -0.39 is 5.92 Å². The molecule has 0 aliphatic heterocycles. The molecule has 0 amide bonds. The van der Waals surface area contributed by atoms with Gasteiger partial charge in [-0.15, -0.1) is 11.8 Å². The van der Waals surface area contributed by atoms with E-state index >= 15 is 0 Å². The first-order valence-electron chi connectivity index (χ1n) is 7.48. The van der Waals surface area contributed by atoms with Crippen molar-refractivity contribution in [2.75, 3.05) is 5.73 Å². The highest BCUT2D eigenvalue weighted by molar-refractivity contribution is 7.99. The Balaban J connectivity index is 2.46. The fourth-order valence-corrected chi connectivity index (χ4v) is 3.97. The number of carbonyl (C=O) groups is 2. The lowest BCUT2D eigenvalue weighted by atomic mass is 9.91. The van der Waals surface area contributed by atoms with Gasteiger partial charge in [0.05, 0.1) is 11.2 Å². The molecular weight excluding hydrogens is 306 g/mol. The maximum atomic E-state index is 12.1. The van der Waals surface area contributed by atoms with Gasteiger partial charge in [-0.1, -0.05) is 42.0 Å². The van der Waals surface area contributed by atoms with Crippen LogP contribution >= 0.6 is 11.8 Å². The molecule has 0 bridgehead atoms. The smallest absolute Gasteiger partial charge is 0.141 e. The molecule has 23 heavy (non-hydrogen) atoms. The number of hydrogen-bond donors (Lipinski definition) is 1. The van der Waals surface area contributed by atoms with Crippen LogP contribution in [0.1, 0.15) is 30.2 Å². The predicted molar refractivity (Wildman–Crippen MR) is 95.5 cm³/mol. The SMILES string of the molecule is CC(=O)C(C(C)=O)C(Sc1ccccc1N)c1ccc(C)cc1. The Bertz CT molecular complexity index is 696. The quantitative estimate of drug-likeness (QED) is 0.490. The number of para-hydroxylation sites is 1. The minimum Gasteiger partial charge on any atom is -0.398 e. The van der Waals surface area contributed by atoms with Gasteiger partial charge in [-0.05, 0) is 38.5 Å². The molecule has 0 fully saturated rings. The van der Waals surface area contributed by atoms with Crippen molar-refractivity contribution in [3.63, 3.8) is 0 Å². The fraction of sp³-hybridized carbons (Fsp3) is 0.263. The number of benzene rings is 2. The third-order valence-corrected chi connectivity index (χ3v) is 5.18. The number of rotatable bonds is 6. The second kappa shape index (κ2) is 7.47. The van der Waals surface area contributed by atoms with Gasteiger partial charge in [-0.3, -0.25) is 9.59 Å². The Morgan fingerprint density at radius 2 is 1.52 bits per heavy atom. The molecule has 4 heteroatoms. The predicted octanol–water partition coefficient (Wildman–Crippen LogP) is 4.20. The maximum absolute atomic E-state index is 12.1. The second-order valence-electron chi connectivity index (χ2n) is 5.69. The first kappa shape index (κ1) is 17.3. The van der Waals surface area contributed by atoms with Crippen molar-refractivity contribution in [2.24, 2.45) is 5.92 Å². The van der Waals surface area contributed by atoms with E-state index in [1.165, 1.54) is 25.6 Å². The highest BCUT2D eigenvalue weighted by atomic mass is 32.2. The van der Waals surface area contributed by atoms with E-state index in [9.17, 15) is 9.59 Å². The molecule has 1 atom stereocenters. The van der Waals surface area contributed by atoms with Gasteiger partial charge in [0.2, 0.25) is 0 Å². The lowest BCUT2D eigenvalue weighted by Crippen LogP contribution is -2.25. The van der Waals surface area contributed by atoms with Crippen LogP contribution in [0.4, 0.5) is 5.69 Å². The Hall–Kier alpha value is -2.07. The summed E-state index contributed by atoms with van der Waals surface area (Å²) in [4.78, 5) is 25.0. The number of hydrogen-bond acceptors (Lipinski definition) is 4. The molecule has 0 aromatic heterocycles. The number of anilines is 1. The summed E-state index contributed by atoms with van der Waals surface area (Å²) in [6, 6.07) is 15.5. The van der Waals surface area contributed by atoms with Crippen molar-refractivity contribution in [2.45, 2.75) is 30.9 Å². The number of carbonyl (C=O) groups excluding carboxylic acids is 2. The average Bonchev–Trinajstić information content (AvgIpc) is 2.49. The number of nitrogens with two attached hydrogens (primary N) is 1. The van der Waals surface area contributed by atoms with Crippen LogP contribution in [-0.2, 0) is 9.59 Å². The van der Waals surface area contributed by atoms with Gasteiger partial charge in [0.15, 0.2) is 0 Å². The van der Waals surface area contributed by atoms with E-state index in [2.05, 4.69) is 0 Å². The second-order valence-corrected chi connectivity index (χ2v) is 6.87. The third-order valence-electron chi connectivity index (χ3n) is 3.76. The highest BCUT2D eigenvalue weighted by Crippen LogP contribution is 2.43. The summed E-state index contributed by atoms with van der Waals surface area (Å²) in [7, 11) is 0. The summed E-state index contributed by atoms with van der Waals surface area (Å²) in [5.41, 5.74) is 8.78. The summed E-state index contributed by atoms with van der Waals surface area (Å²) in [5.74, 6) is -0.919. The largest absolute Gasteiger partial charge is 0.398 e. The normalized spacial score (nSPS) is 12.2. The van der Waals surface area contributed by atoms with E-state index in [1.807, 2.05) is 55.5 Å². The van der Waals surface area contributed by atoms with Crippen LogP contribution in [0.15, 0.2) is 53.4 Å². The van der Waals surface area contributed by atoms with E-state index in [0.29, 0.717) is 5.69 Å². The van der Waals surface area contributed by atoms with Crippen LogP contribution in [0.5, 0.6) is 0 Å². The molecule has 2 N–H and O–H groups in total. The zero-order chi connectivity index (χ0) is 17.0. The number of Topliss-reactive ketones (excluding diaryl/α,β-unsaturated/α-hetero) is 2. The number of thioether (sulfide) groups is 1. The molecule has 0 aliphatic carbocycles. The van der Waals surface area contributed by atoms with E-state index in [0.717, 1.165) is 16.0 Å². The summed E-state index contributed by atoms with van der Waals surface area (Å²) < 4.78 is 0. The molecule has 0 aliphatic rings.